The van der Waals surface area contributed by atoms with Gasteiger partial charge in [0.1, 0.15) is 11.9 Å². The first-order chi connectivity index (χ1) is 15.0. The zero-order valence-electron chi connectivity index (χ0n) is 16.9. The van der Waals surface area contributed by atoms with E-state index in [1.807, 2.05) is 70.2 Å². The van der Waals surface area contributed by atoms with Gasteiger partial charge in [-0.15, -0.1) is 0 Å². The van der Waals surface area contributed by atoms with Crippen LogP contribution in [0, 0.1) is 0 Å². The number of para-hydroxylation sites is 1. The molecular formula is C23H21Cl2N5O. The molecule has 1 N–H and O–H groups in total. The number of aromatic nitrogens is 2. The fraction of sp³-hybridized carbons (Fsp3) is 0.217. The molecule has 1 amide bonds. The third kappa shape index (κ3) is 3.46. The molecule has 0 aliphatic carbocycles. The second-order valence-electron chi connectivity index (χ2n) is 7.64. The Morgan fingerprint density at radius 3 is 2.65 bits per heavy atom. The predicted molar refractivity (Wildman–Crippen MR) is 123 cm³/mol. The van der Waals surface area contributed by atoms with Crippen molar-refractivity contribution >= 4 is 40.6 Å². The number of hydrogen-bond acceptors (Lipinski definition) is 4. The van der Waals surface area contributed by atoms with Crippen molar-refractivity contribution in [1.29, 1.82) is 0 Å². The van der Waals surface area contributed by atoms with Gasteiger partial charge in [-0.25, -0.2) is 9.69 Å². The smallest absolute Gasteiger partial charge is 0.272 e. The van der Waals surface area contributed by atoms with Crippen molar-refractivity contribution in [2.75, 3.05) is 23.4 Å². The third-order valence-corrected chi connectivity index (χ3v) is 6.46. The van der Waals surface area contributed by atoms with Crippen LogP contribution in [0.2, 0.25) is 10.0 Å². The fourth-order valence-electron chi connectivity index (χ4n) is 4.30. The SMILES string of the molecule is CC1=C(C(=O)N2CCCN2c2ccccc2)C(c2ccc(Cl)c(Cl)c2)n2nccc2N1. The van der Waals surface area contributed by atoms with Crippen LogP contribution in [0.4, 0.5) is 11.5 Å². The van der Waals surface area contributed by atoms with Gasteiger partial charge in [-0.3, -0.25) is 9.80 Å². The maximum absolute atomic E-state index is 13.9. The number of carbonyl (C=O) groups excluding carboxylic acids is 1. The number of benzene rings is 2. The highest BCUT2D eigenvalue weighted by Crippen LogP contribution is 2.39. The molecule has 31 heavy (non-hydrogen) atoms. The summed E-state index contributed by atoms with van der Waals surface area (Å²) in [6.07, 6.45) is 2.63. The average molecular weight is 454 g/mol. The molecular weight excluding hydrogens is 433 g/mol. The van der Waals surface area contributed by atoms with Gasteiger partial charge >= 0.3 is 0 Å². The monoisotopic (exact) mass is 453 g/mol. The molecule has 3 aromatic rings. The average Bonchev–Trinajstić information content (AvgIpc) is 3.44. The molecule has 3 heterocycles. The van der Waals surface area contributed by atoms with Crippen molar-refractivity contribution < 1.29 is 4.79 Å². The molecule has 1 saturated heterocycles. The van der Waals surface area contributed by atoms with Crippen LogP contribution < -0.4 is 10.3 Å². The molecule has 2 aliphatic rings. The summed E-state index contributed by atoms with van der Waals surface area (Å²) in [5.41, 5.74) is 3.29. The first kappa shape index (κ1) is 20.0. The zero-order valence-corrected chi connectivity index (χ0v) is 18.4. The summed E-state index contributed by atoms with van der Waals surface area (Å²) in [4.78, 5) is 13.9. The molecule has 1 atom stereocenters. The van der Waals surface area contributed by atoms with Crippen molar-refractivity contribution in [2.24, 2.45) is 0 Å². The van der Waals surface area contributed by atoms with Gasteiger partial charge < -0.3 is 5.32 Å². The van der Waals surface area contributed by atoms with Crippen LogP contribution in [0.1, 0.15) is 24.9 Å². The highest BCUT2D eigenvalue weighted by Gasteiger charge is 2.38. The predicted octanol–water partition coefficient (Wildman–Crippen LogP) is 5.13. The summed E-state index contributed by atoms with van der Waals surface area (Å²) in [6, 6.07) is 16.9. The van der Waals surface area contributed by atoms with Crippen LogP contribution in [0.25, 0.3) is 0 Å². The van der Waals surface area contributed by atoms with E-state index in [2.05, 4.69) is 10.4 Å². The van der Waals surface area contributed by atoms with Crippen molar-refractivity contribution in [2.45, 2.75) is 19.4 Å². The van der Waals surface area contributed by atoms with Gasteiger partial charge in [0.2, 0.25) is 0 Å². The molecule has 0 bridgehead atoms. The summed E-state index contributed by atoms with van der Waals surface area (Å²) in [6.45, 7) is 3.38. The summed E-state index contributed by atoms with van der Waals surface area (Å²) in [7, 11) is 0. The lowest BCUT2D eigenvalue weighted by molar-refractivity contribution is -0.127. The quantitative estimate of drug-likeness (QED) is 0.596. The number of hydrogen-bond donors (Lipinski definition) is 1. The number of anilines is 2. The second kappa shape index (κ2) is 7.94. The van der Waals surface area contributed by atoms with E-state index in [0.717, 1.165) is 35.7 Å². The minimum atomic E-state index is -0.410. The molecule has 5 rings (SSSR count). The Labute approximate surface area is 190 Å². The van der Waals surface area contributed by atoms with Crippen molar-refractivity contribution in [3.8, 4) is 0 Å². The van der Waals surface area contributed by atoms with E-state index in [0.29, 0.717) is 22.2 Å². The number of nitrogens with zero attached hydrogens (tertiary/aromatic N) is 4. The van der Waals surface area contributed by atoms with Gasteiger partial charge in [0.05, 0.1) is 27.5 Å². The lowest BCUT2D eigenvalue weighted by atomic mass is 9.94. The summed E-state index contributed by atoms with van der Waals surface area (Å²) in [5.74, 6) is 0.773. The molecule has 1 aromatic heterocycles. The highest BCUT2D eigenvalue weighted by molar-refractivity contribution is 6.42. The molecule has 0 saturated carbocycles. The molecule has 2 aliphatic heterocycles. The minimum absolute atomic E-state index is 0.0522. The van der Waals surface area contributed by atoms with E-state index < -0.39 is 6.04 Å². The van der Waals surface area contributed by atoms with Gasteiger partial charge in [0.25, 0.3) is 5.91 Å². The Bertz CT molecular complexity index is 1170. The number of allylic oxidation sites excluding steroid dienone is 1. The Hall–Kier alpha value is -2.96. The van der Waals surface area contributed by atoms with E-state index in [1.165, 1.54) is 0 Å². The first-order valence-electron chi connectivity index (χ1n) is 10.1. The largest absolute Gasteiger partial charge is 0.344 e. The van der Waals surface area contributed by atoms with E-state index >= 15 is 0 Å². The summed E-state index contributed by atoms with van der Waals surface area (Å²) in [5, 5.41) is 12.6. The van der Waals surface area contributed by atoms with Crippen LogP contribution in [0.15, 0.2) is 72.1 Å². The van der Waals surface area contributed by atoms with Crippen molar-refractivity contribution in [1.82, 2.24) is 14.8 Å². The van der Waals surface area contributed by atoms with Crippen LogP contribution in [0.5, 0.6) is 0 Å². The molecule has 158 valence electrons. The number of nitrogens with one attached hydrogen (secondary N) is 1. The maximum atomic E-state index is 13.9. The fourth-order valence-corrected chi connectivity index (χ4v) is 4.61. The first-order valence-corrected chi connectivity index (χ1v) is 10.9. The Morgan fingerprint density at radius 2 is 1.87 bits per heavy atom. The molecule has 0 spiro atoms. The lowest BCUT2D eigenvalue weighted by Crippen LogP contribution is -2.44. The number of halogens is 2. The zero-order chi connectivity index (χ0) is 21.5. The van der Waals surface area contributed by atoms with Gasteiger partial charge in [0.15, 0.2) is 0 Å². The summed E-state index contributed by atoms with van der Waals surface area (Å²) < 4.78 is 1.82. The molecule has 2 aromatic carbocycles. The minimum Gasteiger partial charge on any atom is -0.344 e. The van der Waals surface area contributed by atoms with E-state index in [1.54, 1.807) is 12.3 Å². The normalized spacial score (nSPS) is 18.2. The van der Waals surface area contributed by atoms with E-state index in [-0.39, 0.29) is 5.91 Å². The van der Waals surface area contributed by atoms with Crippen LogP contribution in [0.3, 0.4) is 0 Å². The lowest BCUT2D eigenvalue weighted by Gasteiger charge is -2.35. The number of carbonyl (C=O) groups is 1. The van der Waals surface area contributed by atoms with Gasteiger partial charge in [0, 0.05) is 24.9 Å². The third-order valence-electron chi connectivity index (χ3n) is 5.72. The summed E-state index contributed by atoms with van der Waals surface area (Å²) >= 11 is 12.5. The molecule has 6 nitrogen and oxygen atoms in total. The van der Waals surface area contributed by atoms with Crippen LogP contribution >= 0.6 is 23.2 Å². The van der Waals surface area contributed by atoms with E-state index in [9.17, 15) is 4.79 Å². The Kier molecular flexibility index (Phi) is 5.12. The van der Waals surface area contributed by atoms with Gasteiger partial charge in [-0.05, 0) is 43.2 Å². The van der Waals surface area contributed by atoms with E-state index in [4.69, 9.17) is 23.2 Å². The Balaban J connectivity index is 1.58. The maximum Gasteiger partial charge on any atom is 0.272 e. The van der Waals surface area contributed by atoms with Gasteiger partial charge in [-0.1, -0.05) is 47.5 Å². The van der Waals surface area contributed by atoms with Crippen molar-refractivity contribution in [3.05, 3.63) is 87.7 Å². The van der Waals surface area contributed by atoms with Crippen LogP contribution in [-0.4, -0.2) is 33.8 Å². The molecule has 8 heteroatoms. The second-order valence-corrected chi connectivity index (χ2v) is 8.46. The standard InChI is InChI=1S/C23H21Cl2N5O/c1-15-21(23(31)29-13-5-12-28(29)17-6-3-2-4-7-17)22(30-20(27-15)10-11-26-30)16-8-9-18(24)19(25)14-16/h2-4,6-11,14,22,27H,5,12-13H2,1H3. The molecule has 0 radical (unpaired) electrons. The number of hydrazine groups is 1. The Morgan fingerprint density at radius 1 is 1.06 bits per heavy atom. The highest BCUT2D eigenvalue weighted by atomic mass is 35.5. The number of rotatable bonds is 3. The number of amides is 1. The number of fused-ring (bicyclic) bond motifs is 1. The van der Waals surface area contributed by atoms with Crippen LogP contribution in [-0.2, 0) is 4.79 Å². The molecule has 1 fully saturated rings. The van der Waals surface area contributed by atoms with Crippen molar-refractivity contribution in [3.63, 3.8) is 0 Å². The molecule has 1 unspecified atom stereocenters. The van der Waals surface area contributed by atoms with Gasteiger partial charge in [-0.2, -0.15) is 5.10 Å². The topological polar surface area (TPSA) is 53.4 Å².